The lowest BCUT2D eigenvalue weighted by Gasteiger charge is -2.20. The van der Waals surface area contributed by atoms with Gasteiger partial charge in [-0.2, -0.15) is 0 Å². The molecule has 2 rings (SSSR count). The van der Waals surface area contributed by atoms with Crippen LogP contribution in [0.15, 0.2) is 22.3 Å². The Labute approximate surface area is 119 Å². The Balaban J connectivity index is 2.43. The summed E-state index contributed by atoms with van der Waals surface area (Å²) in [5, 5.41) is 11.0. The lowest BCUT2D eigenvalue weighted by atomic mass is 10.1. The van der Waals surface area contributed by atoms with Gasteiger partial charge in [-0.15, -0.1) is 0 Å². The van der Waals surface area contributed by atoms with E-state index in [1.165, 1.54) is 0 Å². The van der Waals surface area contributed by atoms with Gasteiger partial charge >= 0.3 is 0 Å². The standard InChI is InChI=1S/C13H14BrNO4/c1-8(2)11(15(16)17)6-9-5-10(14)13-12(7-9)18-3-4-19-13/h5-8H,3-4H2,1-2H3/b11-6-. The number of benzene rings is 1. The van der Waals surface area contributed by atoms with Gasteiger partial charge in [0.05, 0.1) is 9.40 Å². The second-order valence-electron chi connectivity index (χ2n) is 4.51. The van der Waals surface area contributed by atoms with E-state index in [4.69, 9.17) is 9.47 Å². The molecule has 19 heavy (non-hydrogen) atoms. The van der Waals surface area contributed by atoms with Crippen molar-refractivity contribution in [1.82, 2.24) is 0 Å². The summed E-state index contributed by atoms with van der Waals surface area (Å²) in [5.41, 5.74) is 0.889. The first-order valence-electron chi connectivity index (χ1n) is 5.94. The van der Waals surface area contributed by atoms with E-state index in [-0.39, 0.29) is 16.5 Å². The molecule has 0 spiro atoms. The third kappa shape index (κ3) is 3.07. The third-order valence-corrected chi connectivity index (χ3v) is 3.33. The average Bonchev–Trinajstić information content (AvgIpc) is 2.35. The second kappa shape index (κ2) is 5.61. The van der Waals surface area contributed by atoms with Crippen molar-refractivity contribution in [2.24, 2.45) is 5.92 Å². The van der Waals surface area contributed by atoms with E-state index in [0.717, 1.165) is 10.0 Å². The van der Waals surface area contributed by atoms with Crippen LogP contribution in [0.3, 0.4) is 0 Å². The number of halogens is 1. The minimum Gasteiger partial charge on any atom is -0.486 e. The molecule has 102 valence electrons. The van der Waals surface area contributed by atoms with Gasteiger partial charge in [0.15, 0.2) is 11.5 Å². The lowest BCUT2D eigenvalue weighted by molar-refractivity contribution is -0.431. The SMILES string of the molecule is CC(C)/C(=C/c1cc(Br)c2c(c1)OCCO2)[N+](=O)[O-]. The van der Waals surface area contributed by atoms with Gasteiger partial charge in [-0.3, -0.25) is 10.1 Å². The van der Waals surface area contributed by atoms with E-state index >= 15 is 0 Å². The van der Waals surface area contributed by atoms with Crippen LogP contribution in [0.2, 0.25) is 0 Å². The molecule has 0 saturated carbocycles. The molecule has 5 nitrogen and oxygen atoms in total. The van der Waals surface area contributed by atoms with Crippen LogP contribution in [0.1, 0.15) is 19.4 Å². The average molecular weight is 328 g/mol. The fourth-order valence-corrected chi connectivity index (χ4v) is 2.39. The molecule has 0 bridgehead atoms. The number of fused-ring (bicyclic) bond motifs is 1. The molecule has 1 heterocycles. The maximum absolute atomic E-state index is 11.0. The molecule has 0 saturated heterocycles. The van der Waals surface area contributed by atoms with Crippen LogP contribution in [0.25, 0.3) is 6.08 Å². The van der Waals surface area contributed by atoms with E-state index in [1.807, 2.05) is 0 Å². The molecule has 0 radical (unpaired) electrons. The number of hydrogen-bond acceptors (Lipinski definition) is 4. The summed E-state index contributed by atoms with van der Waals surface area (Å²) in [6.45, 7) is 4.58. The molecule has 1 aliphatic rings. The van der Waals surface area contributed by atoms with Gasteiger partial charge in [-0.1, -0.05) is 13.8 Å². The largest absolute Gasteiger partial charge is 0.486 e. The first kappa shape index (κ1) is 13.9. The number of nitrogens with zero attached hydrogens (tertiary/aromatic N) is 1. The quantitative estimate of drug-likeness (QED) is 0.629. The van der Waals surface area contributed by atoms with Crippen LogP contribution < -0.4 is 9.47 Å². The van der Waals surface area contributed by atoms with E-state index < -0.39 is 0 Å². The Bertz CT molecular complexity index is 540. The highest BCUT2D eigenvalue weighted by Crippen LogP contribution is 2.39. The Morgan fingerprint density at radius 1 is 1.42 bits per heavy atom. The molecule has 0 aromatic heterocycles. The minimum atomic E-state index is -0.352. The number of nitro groups is 1. The number of hydrogen-bond donors (Lipinski definition) is 0. The summed E-state index contributed by atoms with van der Waals surface area (Å²) in [4.78, 5) is 10.6. The van der Waals surface area contributed by atoms with Gasteiger partial charge in [-0.25, -0.2) is 0 Å². The van der Waals surface area contributed by atoms with Crippen molar-refractivity contribution < 1.29 is 14.4 Å². The summed E-state index contributed by atoms with van der Waals surface area (Å²) in [6.07, 6.45) is 1.56. The first-order chi connectivity index (χ1) is 8.99. The van der Waals surface area contributed by atoms with Gasteiger partial charge in [0.1, 0.15) is 13.2 Å². The fraction of sp³-hybridized carbons (Fsp3) is 0.385. The van der Waals surface area contributed by atoms with Crippen molar-refractivity contribution in [2.45, 2.75) is 13.8 Å². The van der Waals surface area contributed by atoms with Crippen molar-refractivity contribution >= 4 is 22.0 Å². The monoisotopic (exact) mass is 327 g/mol. The van der Waals surface area contributed by atoms with Crippen molar-refractivity contribution in [1.29, 1.82) is 0 Å². The van der Waals surface area contributed by atoms with Gasteiger partial charge in [0.25, 0.3) is 0 Å². The molecule has 0 fully saturated rings. The van der Waals surface area contributed by atoms with E-state index in [9.17, 15) is 10.1 Å². The minimum absolute atomic E-state index is 0.151. The highest BCUT2D eigenvalue weighted by Gasteiger charge is 2.19. The normalized spacial score (nSPS) is 14.6. The lowest BCUT2D eigenvalue weighted by Crippen LogP contribution is -2.15. The highest BCUT2D eigenvalue weighted by atomic mass is 79.9. The molecule has 1 aromatic rings. The van der Waals surface area contributed by atoms with E-state index in [0.29, 0.717) is 24.7 Å². The second-order valence-corrected chi connectivity index (χ2v) is 5.36. The van der Waals surface area contributed by atoms with Gasteiger partial charge in [0, 0.05) is 12.0 Å². The Kier molecular flexibility index (Phi) is 4.09. The van der Waals surface area contributed by atoms with E-state index in [2.05, 4.69) is 15.9 Å². The summed E-state index contributed by atoms with van der Waals surface area (Å²) in [5.74, 6) is 1.11. The number of allylic oxidation sites excluding steroid dienone is 1. The molecule has 1 aromatic carbocycles. The zero-order valence-corrected chi connectivity index (χ0v) is 12.3. The first-order valence-corrected chi connectivity index (χ1v) is 6.73. The molecule has 0 N–H and O–H groups in total. The van der Waals surface area contributed by atoms with Crippen molar-refractivity contribution in [3.05, 3.63) is 38.0 Å². The Morgan fingerprint density at radius 2 is 2.11 bits per heavy atom. The highest BCUT2D eigenvalue weighted by molar-refractivity contribution is 9.10. The molecular formula is C13H14BrNO4. The Morgan fingerprint density at radius 3 is 2.74 bits per heavy atom. The molecular weight excluding hydrogens is 314 g/mol. The molecule has 0 atom stereocenters. The fourth-order valence-electron chi connectivity index (χ4n) is 1.82. The van der Waals surface area contributed by atoms with Crippen LogP contribution >= 0.6 is 15.9 Å². The number of rotatable bonds is 3. The maximum atomic E-state index is 11.0. The summed E-state index contributed by atoms with van der Waals surface area (Å²) < 4.78 is 11.7. The zero-order chi connectivity index (χ0) is 14.0. The topological polar surface area (TPSA) is 61.6 Å². The van der Waals surface area contributed by atoms with Gasteiger partial charge in [-0.05, 0) is 33.6 Å². The summed E-state index contributed by atoms with van der Waals surface area (Å²) in [6, 6.07) is 3.55. The maximum Gasteiger partial charge on any atom is 0.249 e. The van der Waals surface area contributed by atoms with Crippen LogP contribution in [-0.4, -0.2) is 18.1 Å². The predicted octanol–water partition coefficient (Wildman–Crippen LogP) is 3.49. The molecule has 0 unspecified atom stereocenters. The van der Waals surface area contributed by atoms with Crippen molar-refractivity contribution in [2.75, 3.05) is 13.2 Å². The smallest absolute Gasteiger partial charge is 0.249 e. The van der Waals surface area contributed by atoms with Crippen LogP contribution in [0.4, 0.5) is 0 Å². The Hall–Kier alpha value is -1.56. The molecule has 0 amide bonds. The van der Waals surface area contributed by atoms with Crippen molar-refractivity contribution in [3.63, 3.8) is 0 Å². The predicted molar refractivity (Wildman–Crippen MR) is 74.9 cm³/mol. The van der Waals surface area contributed by atoms with Gasteiger partial charge in [0.2, 0.25) is 5.70 Å². The zero-order valence-electron chi connectivity index (χ0n) is 10.7. The number of ether oxygens (including phenoxy) is 2. The van der Waals surface area contributed by atoms with Crippen LogP contribution in [0.5, 0.6) is 11.5 Å². The van der Waals surface area contributed by atoms with Gasteiger partial charge < -0.3 is 9.47 Å². The van der Waals surface area contributed by atoms with Crippen LogP contribution in [-0.2, 0) is 0 Å². The van der Waals surface area contributed by atoms with Crippen molar-refractivity contribution in [3.8, 4) is 11.5 Å². The van der Waals surface area contributed by atoms with E-state index in [1.54, 1.807) is 32.1 Å². The molecule has 0 aliphatic carbocycles. The third-order valence-electron chi connectivity index (χ3n) is 2.74. The summed E-state index contributed by atoms with van der Waals surface area (Å²) >= 11 is 3.39. The summed E-state index contributed by atoms with van der Waals surface area (Å²) in [7, 11) is 0. The van der Waals surface area contributed by atoms with Crippen LogP contribution in [0, 0.1) is 16.0 Å². The molecule has 6 heteroatoms. The molecule has 1 aliphatic heterocycles.